The molecule has 76 valence electrons. The van der Waals surface area contributed by atoms with E-state index in [1.54, 1.807) is 12.1 Å². The van der Waals surface area contributed by atoms with Crippen molar-refractivity contribution in [3.05, 3.63) is 30.1 Å². The Hall–Kier alpha value is -1.05. The van der Waals surface area contributed by atoms with Crippen LogP contribution >= 0.6 is 0 Å². The monoisotopic (exact) mass is 193 g/mol. The van der Waals surface area contributed by atoms with E-state index in [4.69, 9.17) is 0 Å². The van der Waals surface area contributed by atoms with Gasteiger partial charge in [0.15, 0.2) is 0 Å². The number of rotatable bonds is 2. The van der Waals surface area contributed by atoms with Crippen LogP contribution in [0.15, 0.2) is 24.3 Å². The molecule has 2 heteroatoms. The van der Waals surface area contributed by atoms with Gasteiger partial charge in [-0.2, -0.15) is 0 Å². The third-order valence-corrected chi connectivity index (χ3v) is 3.04. The van der Waals surface area contributed by atoms with Gasteiger partial charge in [-0.15, -0.1) is 0 Å². The number of benzene rings is 1. The Morgan fingerprint density at radius 2 is 2.21 bits per heavy atom. The third-order valence-electron chi connectivity index (χ3n) is 3.04. The van der Waals surface area contributed by atoms with Crippen LogP contribution in [0.1, 0.15) is 26.2 Å². The maximum atomic E-state index is 12.9. The zero-order valence-corrected chi connectivity index (χ0v) is 8.46. The fourth-order valence-corrected chi connectivity index (χ4v) is 2.15. The molecule has 2 rings (SSSR count). The minimum absolute atomic E-state index is 0.166. The smallest absolute Gasteiger partial charge is 0.125 e. The lowest BCUT2D eigenvalue weighted by Gasteiger charge is -2.18. The quantitative estimate of drug-likeness (QED) is 0.758. The highest BCUT2D eigenvalue weighted by Gasteiger charge is 2.22. The molecule has 0 aliphatic heterocycles. The van der Waals surface area contributed by atoms with E-state index in [2.05, 4.69) is 12.2 Å². The Bertz CT molecular complexity index is 311. The molecule has 1 N–H and O–H groups in total. The molecule has 14 heavy (non-hydrogen) atoms. The van der Waals surface area contributed by atoms with Crippen LogP contribution in [0.5, 0.6) is 0 Å². The molecular formula is C12H16FN. The third kappa shape index (κ3) is 2.06. The van der Waals surface area contributed by atoms with Gasteiger partial charge in [0.2, 0.25) is 0 Å². The summed E-state index contributed by atoms with van der Waals surface area (Å²) in [7, 11) is 0. The second-order valence-electron chi connectivity index (χ2n) is 4.17. The molecular weight excluding hydrogens is 177 g/mol. The lowest BCUT2D eigenvalue weighted by Crippen LogP contribution is -2.21. The van der Waals surface area contributed by atoms with Gasteiger partial charge in [0.05, 0.1) is 0 Å². The lowest BCUT2D eigenvalue weighted by atomic mass is 10.1. The molecule has 1 aromatic carbocycles. The van der Waals surface area contributed by atoms with Gasteiger partial charge in [-0.25, -0.2) is 4.39 Å². The Morgan fingerprint density at radius 1 is 1.36 bits per heavy atom. The molecule has 0 unspecified atom stereocenters. The first-order valence-electron chi connectivity index (χ1n) is 5.28. The van der Waals surface area contributed by atoms with Gasteiger partial charge in [-0.1, -0.05) is 19.4 Å². The number of nitrogens with one attached hydrogen (secondary N) is 1. The van der Waals surface area contributed by atoms with Gasteiger partial charge in [0.1, 0.15) is 5.82 Å². The average molecular weight is 193 g/mol. The summed E-state index contributed by atoms with van der Waals surface area (Å²) in [5.41, 5.74) is 0.906. The summed E-state index contributed by atoms with van der Waals surface area (Å²) < 4.78 is 12.9. The molecule has 1 saturated carbocycles. The molecule has 0 saturated heterocycles. The van der Waals surface area contributed by atoms with E-state index in [-0.39, 0.29) is 5.82 Å². The fraction of sp³-hybridized carbons (Fsp3) is 0.500. The second-order valence-corrected chi connectivity index (χ2v) is 4.17. The summed E-state index contributed by atoms with van der Waals surface area (Å²) in [4.78, 5) is 0. The molecule has 0 heterocycles. The van der Waals surface area contributed by atoms with E-state index in [1.807, 2.05) is 6.07 Å². The molecule has 1 aliphatic rings. The van der Waals surface area contributed by atoms with Crippen molar-refractivity contribution in [2.75, 3.05) is 5.32 Å². The standard InChI is InChI=1S/C12H16FN/c1-9-4-2-7-12(9)14-11-6-3-5-10(13)8-11/h3,5-6,8-9,12,14H,2,4,7H2,1H3/t9-,12+/m0/s1. The van der Waals surface area contributed by atoms with Crippen LogP contribution in [0.2, 0.25) is 0 Å². The second kappa shape index (κ2) is 3.99. The topological polar surface area (TPSA) is 12.0 Å². The van der Waals surface area contributed by atoms with Gasteiger partial charge in [-0.3, -0.25) is 0 Å². The zero-order valence-electron chi connectivity index (χ0n) is 8.46. The maximum Gasteiger partial charge on any atom is 0.125 e. The van der Waals surface area contributed by atoms with Crippen LogP contribution in [0.25, 0.3) is 0 Å². The van der Waals surface area contributed by atoms with Gasteiger partial charge in [0.25, 0.3) is 0 Å². The molecule has 0 spiro atoms. The van der Waals surface area contributed by atoms with E-state index in [0.717, 1.165) is 5.69 Å². The molecule has 1 aliphatic carbocycles. The van der Waals surface area contributed by atoms with E-state index in [1.165, 1.54) is 25.3 Å². The van der Waals surface area contributed by atoms with Crippen molar-refractivity contribution in [3.63, 3.8) is 0 Å². The molecule has 0 bridgehead atoms. The number of hydrogen-bond acceptors (Lipinski definition) is 1. The van der Waals surface area contributed by atoms with Gasteiger partial charge >= 0.3 is 0 Å². The van der Waals surface area contributed by atoms with E-state index in [0.29, 0.717) is 12.0 Å². The van der Waals surface area contributed by atoms with Gasteiger partial charge in [-0.05, 0) is 37.0 Å². The number of anilines is 1. The van der Waals surface area contributed by atoms with E-state index in [9.17, 15) is 4.39 Å². The molecule has 1 aromatic rings. The Labute approximate surface area is 84.3 Å². The van der Waals surface area contributed by atoms with Crippen molar-refractivity contribution in [3.8, 4) is 0 Å². The summed E-state index contributed by atoms with van der Waals surface area (Å²) >= 11 is 0. The van der Waals surface area contributed by atoms with Gasteiger partial charge in [0, 0.05) is 11.7 Å². The van der Waals surface area contributed by atoms with Crippen LogP contribution in [0.4, 0.5) is 10.1 Å². The van der Waals surface area contributed by atoms with Crippen molar-refractivity contribution in [2.45, 2.75) is 32.2 Å². The molecule has 1 fully saturated rings. The Kier molecular flexibility index (Phi) is 2.71. The zero-order chi connectivity index (χ0) is 9.97. The minimum atomic E-state index is -0.166. The first kappa shape index (κ1) is 9.50. The predicted molar refractivity (Wildman–Crippen MR) is 56.8 cm³/mol. The van der Waals surface area contributed by atoms with Crippen molar-refractivity contribution < 1.29 is 4.39 Å². The summed E-state index contributed by atoms with van der Waals surface area (Å²) in [6, 6.07) is 7.23. The normalized spacial score (nSPS) is 26.4. The SMILES string of the molecule is C[C@H]1CCC[C@H]1Nc1cccc(F)c1. The van der Waals surface area contributed by atoms with Crippen molar-refractivity contribution >= 4 is 5.69 Å². The van der Waals surface area contributed by atoms with Crippen molar-refractivity contribution in [2.24, 2.45) is 5.92 Å². The molecule has 0 aromatic heterocycles. The van der Waals surface area contributed by atoms with Crippen LogP contribution in [0, 0.1) is 11.7 Å². The largest absolute Gasteiger partial charge is 0.382 e. The Morgan fingerprint density at radius 3 is 2.86 bits per heavy atom. The number of hydrogen-bond donors (Lipinski definition) is 1. The first-order chi connectivity index (χ1) is 6.75. The van der Waals surface area contributed by atoms with Crippen LogP contribution in [-0.4, -0.2) is 6.04 Å². The molecule has 2 atom stereocenters. The lowest BCUT2D eigenvalue weighted by molar-refractivity contribution is 0.555. The summed E-state index contributed by atoms with van der Waals surface area (Å²) in [5.74, 6) is 0.541. The number of halogens is 1. The highest BCUT2D eigenvalue weighted by Crippen LogP contribution is 2.27. The average Bonchev–Trinajstić information content (AvgIpc) is 2.52. The Balaban J connectivity index is 2.03. The highest BCUT2D eigenvalue weighted by molar-refractivity contribution is 5.44. The van der Waals surface area contributed by atoms with Crippen LogP contribution in [0.3, 0.4) is 0 Å². The van der Waals surface area contributed by atoms with E-state index >= 15 is 0 Å². The highest BCUT2D eigenvalue weighted by atomic mass is 19.1. The minimum Gasteiger partial charge on any atom is -0.382 e. The summed E-state index contributed by atoms with van der Waals surface area (Å²) in [6.07, 6.45) is 3.78. The maximum absolute atomic E-state index is 12.9. The van der Waals surface area contributed by atoms with Crippen molar-refractivity contribution in [1.82, 2.24) is 0 Å². The molecule has 1 nitrogen and oxygen atoms in total. The first-order valence-corrected chi connectivity index (χ1v) is 5.28. The van der Waals surface area contributed by atoms with Crippen LogP contribution < -0.4 is 5.32 Å². The van der Waals surface area contributed by atoms with Gasteiger partial charge < -0.3 is 5.32 Å². The fourth-order valence-electron chi connectivity index (χ4n) is 2.15. The summed E-state index contributed by atoms with van der Waals surface area (Å²) in [5, 5.41) is 3.39. The van der Waals surface area contributed by atoms with Crippen LogP contribution in [-0.2, 0) is 0 Å². The van der Waals surface area contributed by atoms with Crippen molar-refractivity contribution in [1.29, 1.82) is 0 Å². The molecule has 0 amide bonds. The molecule has 0 radical (unpaired) electrons. The van der Waals surface area contributed by atoms with E-state index < -0.39 is 0 Å². The summed E-state index contributed by atoms with van der Waals surface area (Å²) in [6.45, 7) is 2.25. The predicted octanol–water partition coefficient (Wildman–Crippen LogP) is 3.43.